The molecule has 1 saturated heterocycles. The minimum atomic E-state index is -0.135. The summed E-state index contributed by atoms with van der Waals surface area (Å²) in [5, 5.41) is 2.96. The molecule has 2 amide bonds. The first kappa shape index (κ1) is 21.2. The molecule has 164 valence electrons. The molecular weight excluding hydrogens is 390 g/mol. The van der Waals surface area contributed by atoms with E-state index in [1.54, 1.807) is 6.92 Å². The van der Waals surface area contributed by atoms with Crippen LogP contribution < -0.4 is 15.0 Å². The fourth-order valence-corrected chi connectivity index (χ4v) is 4.39. The fourth-order valence-electron chi connectivity index (χ4n) is 4.39. The van der Waals surface area contributed by atoms with Gasteiger partial charge in [-0.1, -0.05) is 0 Å². The molecule has 0 radical (unpaired) electrons. The van der Waals surface area contributed by atoms with E-state index < -0.39 is 0 Å². The van der Waals surface area contributed by atoms with E-state index in [2.05, 4.69) is 10.2 Å². The van der Waals surface area contributed by atoms with Crippen LogP contribution in [0.1, 0.15) is 49.4 Å². The minimum Gasteiger partial charge on any atom is -0.490 e. The molecule has 6 nitrogen and oxygen atoms in total. The molecule has 2 aromatic rings. The lowest BCUT2D eigenvalue weighted by molar-refractivity contribution is -0.129. The van der Waals surface area contributed by atoms with Crippen molar-refractivity contribution >= 4 is 23.2 Å². The number of benzene rings is 2. The van der Waals surface area contributed by atoms with Gasteiger partial charge in [0.2, 0.25) is 5.91 Å². The highest BCUT2D eigenvalue weighted by atomic mass is 16.5. The van der Waals surface area contributed by atoms with Gasteiger partial charge in [-0.25, -0.2) is 0 Å². The van der Waals surface area contributed by atoms with Crippen molar-refractivity contribution in [3.8, 4) is 5.75 Å². The van der Waals surface area contributed by atoms with Crippen LogP contribution in [0.4, 0.5) is 11.4 Å². The van der Waals surface area contributed by atoms with Crippen molar-refractivity contribution in [1.29, 1.82) is 0 Å². The molecule has 1 aliphatic heterocycles. The minimum absolute atomic E-state index is 0.100. The molecule has 4 rings (SSSR count). The lowest BCUT2D eigenvalue weighted by atomic mass is 10.2. The topological polar surface area (TPSA) is 61.9 Å². The number of amides is 2. The van der Waals surface area contributed by atoms with Gasteiger partial charge >= 0.3 is 0 Å². The molecule has 0 spiro atoms. The molecule has 2 aliphatic rings. The van der Waals surface area contributed by atoms with Crippen LogP contribution in [0.5, 0.6) is 5.75 Å². The first-order valence-electron chi connectivity index (χ1n) is 11.2. The van der Waals surface area contributed by atoms with Gasteiger partial charge < -0.3 is 19.9 Å². The molecule has 1 heterocycles. The third kappa shape index (κ3) is 5.19. The van der Waals surface area contributed by atoms with E-state index in [-0.39, 0.29) is 17.9 Å². The Morgan fingerprint density at radius 3 is 2.32 bits per heavy atom. The molecule has 0 aromatic heterocycles. The van der Waals surface area contributed by atoms with Crippen LogP contribution in [-0.2, 0) is 4.79 Å². The number of hydrogen-bond acceptors (Lipinski definition) is 4. The summed E-state index contributed by atoms with van der Waals surface area (Å²) in [7, 11) is 1.86. The van der Waals surface area contributed by atoms with Crippen molar-refractivity contribution in [2.75, 3.05) is 30.4 Å². The van der Waals surface area contributed by atoms with Crippen LogP contribution in [0, 0.1) is 0 Å². The Hall–Kier alpha value is -3.02. The van der Waals surface area contributed by atoms with E-state index in [1.807, 2.05) is 60.5 Å². The maximum Gasteiger partial charge on any atom is 0.255 e. The van der Waals surface area contributed by atoms with Crippen LogP contribution in [0.15, 0.2) is 48.5 Å². The van der Waals surface area contributed by atoms with Gasteiger partial charge in [0.1, 0.15) is 5.75 Å². The molecule has 6 heteroatoms. The van der Waals surface area contributed by atoms with Gasteiger partial charge in [-0.15, -0.1) is 0 Å². The van der Waals surface area contributed by atoms with Gasteiger partial charge in [-0.05, 0) is 80.6 Å². The lowest BCUT2D eigenvalue weighted by Crippen LogP contribution is -2.37. The monoisotopic (exact) mass is 421 g/mol. The standard InChI is InChI=1S/C25H31N3O3/c1-18(29)27(2)22-15-16-28(17-22)21-11-9-20(10-12-21)26-25(30)19-7-13-24(14-8-19)31-23-5-3-4-6-23/h7-14,22-23H,3-6,15-17H2,1-2H3,(H,26,30). The number of nitrogens with zero attached hydrogens (tertiary/aromatic N) is 2. The second-order valence-corrected chi connectivity index (χ2v) is 8.57. The molecule has 1 saturated carbocycles. The largest absolute Gasteiger partial charge is 0.490 e. The number of likely N-dealkylation sites (N-methyl/N-ethyl adjacent to an activating group) is 1. The summed E-state index contributed by atoms with van der Waals surface area (Å²) in [5.74, 6) is 0.791. The van der Waals surface area contributed by atoms with Gasteiger partial charge in [-0.2, -0.15) is 0 Å². The normalized spacial score (nSPS) is 18.8. The zero-order valence-electron chi connectivity index (χ0n) is 18.3. The van der Waals surface area contributed by atoms with Gasteiger partial charge in [0.05, 0.1) is 12.1 Å². The van der Waals surface area contributed by atoms with E-state index in [4.69, 9.17) is 4.74 Å². The maximum atomic E-state index is 12.6. The van der Waals surface area contributed by atoms with E-state index in [9.17, 15) is 9.59 Å². The van der Waals surface area contributed by atoms with E-state index in [0.29, 0.717) is 11.7 Å². The van der Waals surface area contributed by atoms with Gasteiger partial charge in [0.15, 0.2) is 0 Å². The van der Waals surface area contributed by atoms with Gasteiger partial charge in [0, 0.05) is 44.0 Å². The first-order chi connectivity index (χ1) is 15.0. The molecule has 0 bridgehead atoms. The zero-order chi connectivity index (χ0) is 21.8. The highest BCUT2D eigenvalue weighted by molar-refractivity contribution is 6.04. The van der Waals surface area contributed by atoms with Crippen LogP contribution >= 0.6 is 0 Å². The molecule has 2 fully saturated rings. The lowest BCUT2D eigenvalue weighted by Gasteiger charge is -2.24. The quantitative estimate of drug-likeness (QED) is 0.755. The fraction of sp³-hybridized carbons (Fsp3) is 0.440. The average Bonchev–Trinajstić information content (AvgIpc) is 3.46. The highest BCUT2D eigenvalue weighted by Crippen LogP contribution is 2.26. The van der Waals surface area contributed by atoms with E-state index >= 15 is 0 Å². The van der Waals surface area contributed by atoms with Crippen molar-refractivity contribution in [1.82, 2.24) is 4.90 Å². The number of rotatable bonds is 6. The number of carbonyl (C=O) groups is 2. The Bertz CT molecular complexity index is 905. The van der Waals surface area contributed by atoms with Crippen molar-refractivity contribution in [3.05, 3.63) is 54.1 Å². The first-order valence-corrected chi connectivity index (χ1v) is 11.2. The number of nitrogens with one attached hydrogen (secondary N) is 1. The number of hydrogen-bond donors (Lipinski definition) is 1. The highest BCUT2D eigenvalue weighted by Gasteiger charge is 2.27. The Morgan fingerprint density at radius 2 is 1.68 bits per heavy atom. The predicted molar refractivity (Wildman–Crippen MR) is 123 cm³/mol. The van der Waals surface area contributed by atoms with Crippen molar-refractivity contribution in [3.63, 3.8) is 0 Å². The molecule has 1 aliphatic carbocycles. The van der Waals surface area contributed by atoms with E-state index in [1.165, 1.54) is 12.8 Å². The number of anilines is 2. The van der Waals surface area contributed by atoms with Crippen molar-refractivity contribution < 1.29 is 14.3 Å². The molecule has 1 N–H and O–H groups in total. The summed E-state index contributed by atoms with van der Waals surface area (Å²) in [5.41, 5.74) is 2.47. The summed E-state index contributed by atoms with van der Waals surface area (Å²) in [4.78, 5) is 28.3. The Morgan fingerprint density at radius 1 is 1.00 bits per heavy atom. The van der Waals surface area contributed by atoms with Crippen molar-refractivity contribution in [2.45, 2.75) is 51.2 Å². The molecule has 31 heavy (non-hydrogen) atoms. The summed E-state index contributed by atoms with van der Waals surface area (Å²) >= 11 is 0. The van der Waals surface area contributed by atoms with Gasteiger partial charge in [-0.3, -0.25) is 9.59 Å². The van der Waals surface area contributed by atoms with Crippen LogP contribution in [-0.4, -0.2) is 49.0 Å². The SMILES string of the molecule is CC(=O)N(C)C1CCN(c2ccc(NC(=O)c3ccc(OC4CCCC4)cc3)cc2)C1. The molecule has 1 unspecified atom stereocenters. The Balaban J connectivity index is 1.31. The number of ether oxygens (including phenoxy) is 1. The molecular formula is C25H31N3O3. The third-order valence-corrected chi connectivity index (χ3v) is 6.42. The summed E-state index contributed by atoms with van der Waals surface area (Å²) in [6.45, 7) is 3.36. The van der Waals surface area contributed by atoms with Crippen LogP contribution in [0.25, 0.3) is 0 Å². The zero-order valence-corrected chi connectivity index (χ0v) is 18.3. The Labute approximate surface area is 184 Å². The molecule has 2 aromatic carbocycles. The third-order valence-electron chi connectivity index (χ3n) is 6.42. The Kier molecular flexibility index (Phi) is 6.44. The molecule has 1 atom stereocenters. The number of carbonyl (C=O) groups excluding carboxylic acids is 2. The summed E-state index contributed by atoms with van der Waals surface area (Å²) < 4.78 is 5.97. The second-order valence-electron chi connectivity index (χ2n) is 8.57. The smallest absolute Gasteiger partial charge is 0.255 e. The average molecular weight is 422 g/mol. The van der Waals surface area contributed by atoms with E-state index in [0.717, 1.165) is 49.5 Å². The second kappa shape index (κ2) is 9.41. The van der Waals surface area contributed by atoms with Crippen molar-refractivity contribution in [2.24, 2.45) is 0 Å². The van der Waals surface area contributed by atoms with Gasteiger partial charge in [0.25, 0.3) is 5.91 Å². The maximum absolute atomic E-state index is 12.6. The predicted octanol–water partition coefficient (Wildman–Crippen LogP) is 4.32. The summed E-state index contributed by atoms with van der Waals surface area (Å²) in [6.07, 6.45) is 5.98. The summed E-state index contributed by atoms with van der Waals surface area (Å²) in [6, 6.07) is 15.5. The van der Waals surface area contributed by atoms with Crippen LogP contribution in [0.3, 0.4) is 0 Å². The van der Waals surface area contributed by atoms with Crippen LogP contribution in [0.2, 0.25) is 0 Å².